The molecule has 0 amide bonds. The molecule has 98 valence electrons. The Morgan fingerprint density at radius 2 is 1.35 bits per heavy atom. The van der Waals surface area contributed by atoms with Crippen LogP contribution in [0.3, 0.4) is 0 Å². The third-order valence-electron chi connectivity index (χ3n) is 3.07. The van der Waals surface area contributed by atoms with Crippen molar-refractivity contribution in [2.45, 2.75) is 6.92 Å². The first-order chi connectivity index (χ1) is 9.72. The Hall–Kier alpha value is -2.75. The molecule has 0 aliphatic rings. The molecule has 0 fully saturated rings. The Bertz CT molecular complexity index is 721. The van der Waals surface area contributed by atoms with E-state index in [0.29, 0.717) is 0 Å². The van der Waals surface area contributed by atoms with E-state index in [1.54, 1.807) is 12.4 Å². The number of aryl methyl sites for hydroxylation is 1. The van der Waals surface area contributed by atoms with Crippen LogP contribution in [-0.2, 0) is 0 Å². The molecule has 4 nitrogen and oxygen atoms in total. The van der Waals surface area contributed by atoms with Gasteiger partial charge in [0, 0.05) is 23.5 Å². The summed E-state index contributed by atoms with van der Waals surface area (Å²) in [5.41, 5.74) is 10.7. The summed E-state index contributed by atoms with van der Waals surface area (Å²) in [5, 5.41) is 0. The first-order valence-corrected chi connectivity index (χ1v) is 6.34. The van der Waals surface area contributed by atoms with Gasteiger partial charge in [-0.25, -0.2) is 9.97 Å². The summed E-state index contributed by atoms with van der Waals surface area (Å²) < 4.78 is 0. The molecule has 1 aromatic carbocycles. The number of benzene rings is 1. The lowest BCUT2D eigenvalue weighted by Gasteiger charge is -2.06. The first kappa shape index (κ1) is 12.3. The van der Waals surface area contributed by atoms with Crippen LogP contribution in [0.5, 0.6) is 0 Å². The second-order valence-electron chi connectivity index (χ2n) is 4.60. The Labute approximate surface area is 117 Å². The van der Waals surface area contributed by atoms with Gasteiger partial charge in [0.1, 0.15) is 0 Å². The van der Waals surface area contributed by atoms with Crippen LogP contribution >= 0.6 is 0 Å². The summed E-state index contributed by atoms with van der Waals surface area (Å²) in [7, 11) is 0. The predicted octanol–water partition coefficient (Wildman–Crippen LogP) is 3.10. The predicted molar refractivity (Wildman–Crippen MR) is 79.8 cm³/mol. The molecule has 0 aliphatic carbocycles. The van der Waals surface area contributed by atoms with Crippen molar-refractivity contribution in [3.05, 3.63) is 60.4 Å². The van der Waals surface area contributed by atoms with Crippen LogP contribution < -0.4 is 5.73 Å². The van der Waals surface area contributed by atoms with Crippen LogP contribution in [0.2, 0.25) is 0 Å². The maximum atomic E-state index is 5.83. The highest BCUT2D eigenvalue weighted by molar-refractivity contribution is 5.68. The van der Waals surface area contributed by atoms with E-state index in [2.05, 4.69) is 34.0 Å². The zero-order chi connectivity index (χ0) is 13.9. The molecule has 0 bridgehead atoms. The quantitative estimate of drug-likeness (QED) is 0.770. The summed E-state index contributed by atoms with van der Waals surface area (Å²) in [6, 6.07) is 13.9. The van der Waals surface area contributed by atoms with Gasteiger partial charge in [-0.2, -0.15) is 0 Å². The molecule has 4 heteroatoms. The number of hydrogen-bond donors (Lipinski definition) is 1. The normalized spacial score (nSPS) is 10.4. The molecule has 3 rings (SSSR count). The van der Waals surface area contributed by atoms with Gasteiger partial charge in [-0.3, -0.25) is 4.98 Å². The van der Waals surface area contributed by atoms with E-state index in [1.165, 1.54) is 5.56 Å². The largest absolute Gasteiger partial charge is 0.368 e. The minimum atomic E-state index is 0.273. The Morgan fingerprint density at radius 1 is 0.800 bits per heavy atom. The Morgan fingerprint density at radius 3 is 1.95 bits per heavy atom. The number of nitrogen functional groups attached to an aromatic ring is 1. The number of hydrogen-bond acceptors (Lipinski definition) is 4. The van der Waals surface area contributed by atoms with Gasteiger partial charge in [-0.1, -0.05) is 29.8 Å². The van der Waals surface area contributed by atoms with Crippen molar-refractivity contribution >= 4 is 5.95 Å². The minimum absolute atomic E-state index is 0.273. The van der Waals surface area contributed by atoms with Crippen molar-refractivity contribution in [3.8, 4) is 22.5 Å². The lowest BCUT2D eigenvalue weighted by Crippen LogP contribution is -1.98. The second kappa shape index (κ2) is 5.09. The molecular formula is C16H14N4. The van der Waals surface area contributed by atoms with Crippen molar-refractivity contribution in [2.24, 2.45) is 0 Å². The topological polar surface area (TPSA) is 64.7 Å². The van der Waals surface area contributed by atoms with Gasteiger partial charge in [-0.15, -0.1) is 0 Å². The number of aromatic nitrogens is 3. The number of pyridine rings is 1. The van der Waals surface area contributed by atoms with Crippen molar-refractivity contribution < 1.29 is 0 Å². The van der Waals surface area contributed by atoms with Crippen LogP contribution in [0.15, 0.2) is 54.9 Å². The molecule has 0 unspecified atom stereocenters. The zero-order valence-electron chi connectivity index (χ0n) is 11.1. The Kier molecular flexibility index (Phi) is 3.13. The van der Waals surface area contributed by atoms with Crippen molar-refractivity contribution in [3.63, 3.8) is 0 Å². The molecule has 0 saturated heterocycles. The van der Waals surface area contributed by atoms with Crippen LogP contribution in [0.25, 0.3) is 22.5 Å². The molecule has 0 aliphatic heterocycles. The minimum Gasteiger partial charge on any atom is -0.368 e. The maximum Gasteiger partial charge on any atom is 0.221 e. The van der Waals surface area contributed by atoms with Gasteiger partial charge in [0.05, 0.1) is 11.4 Å². The smallest absolute Gasteiger partial charge is 0.221 e. The van der Waals surface area contributed by atoms with Gasteiger partial charge >= 0.3 is 0 Å². The molecular weight excluding hydrogens is 248 g/mol. The highest BCUT2D eigenvalue weighted by Crippen LogP contribution is 2.24. The van der Waals surface area contributed by atoms with E-state index in [1.807, 2.05) is 30.3 Å². The van der Waals surface area contributed by atoms with Gasteiger partial charge in [0.15, 0.2) is 0 Å². The second-order valence-corrected chi connectivity index (χ2v) is 4.60. The molecule has 2 N–H and O–H groups in total. The van der Waals surface area contributed by atoms with Crippen LogP contribution in [-0.4, -0.2) is 15.0 Å². The fraction of sp³-hybridized carbons (Fsp3) is 0.0625. The van der Waals surface area contributed by atoms with Gasteiger partial charge < -0.3 is 5.73 Å². The Balaban J connectivity index is 2.09. The van der Waals surface area contributed by atoms with Crippen molar-refractivity contribution in [2.75, 3.05) is 5.73 Å². The van der Waals surface area contributed by atoms with E-state index >= 15 is 0 Å². The third-order valence-corrected chi connectivity index (χ3v) is 3.07. The van der Waals surface area contributed by atoms with Crippen molar-refractivity contribution in [1.82, 2.24) is 15.0 Å². The number of nitrogens with zero attached hydrogens (tertiary/aromatic N) is 3. The van der Waals surface area contributed by atoms with Crippen LogP contribution in [0, 0.1) is 6.92 Å². The lowest BCUT2D eigenvalue weighted by atomic mass is 10.1. The third kappa shape index (κ3) is 2.49. The zero-order valence-corrected chi connectivity index (χ0v) is 11.1. The van der Waals surface area contributed by atoms with E-state index in [4.69, 9.17) is 5.73 Å². The number of rotatable bonds is 2. The molecule has 0 atom stereocenters. The molecule has 2 aromatic heterocycles. The fourth-order valence-corrected chi connectivity index (χ4v) is 2.01. The standard InChI is InChI=1S/C16H14N4/c1-11-2-4-12(5-3-11)14-10-15(20-16(17)19-14)13-6-8-18-9-7-13/h2-10H,1H3,(H2,17,19,20). The number of nitrogens with two attached hydrogens (primary N) is 1. The molecule has 0 radical (unpaired) electrons. The van der Waals surface area contributed by atoms with Crippen LogP contribution in [0.1, 0.15) is 5.56 Å². The maximum absolute atomic E-state index is 5.83. The molecule has 3 aromatic rings. The van der Waals surface area contributed by atoms with E-state index in [0.717, 1.165) is 22.5 Å². The summed E-state index contributed by atoms with van der Waals surface area (Å²) in [5.74, 6) is 0.273. The average molecular weight is 262 g/mol. The first-order valence-electron chi connectivity index (χ1n) is 6.34. The molecule has 20 heavy (non-hydrogen) atoms. The summed E-state index contributed by atoms with van der Waals surface area (Å²) >= 11 is 0. The van der Waals surface area contributed by atoms with Gasteiger partial charge in [0.2, 0.25) is 5.95 Å². The lowest BCUT2D eigenvalue weighted by molar-refractivity contribution is 1.19. The molecule has 2 heterocycles. The van der Waals surface area contributed by atoms with Gasteiger partial charge in [0.25, 0.3) is 0 Å². The van der Waals surface area contributed by atoms with E-state index < -0.39 is 0 Å². The average Bonchev–Trinajstić information content (AvgIpc) is 2.48. The van der Waals surface area contributed by atoms with E-state index in [-0.39, 0.29) is 5.95 Å². The van der Waals surface area contributed by atoms with Gasteiger partial charge in [-0.05, 0) is 25.1 Å². The van der Waals surface area contributed by atoms with Crippen molar-refractivity contribution in [1.29, 1.82) is 0 Å². The molecule has 0 saturated carbocycles. The highest BCUT2D eigenvalue weighted by atomic mass is 15.0. The number of anilines is 1. The molecule has 0 spiro atoms. The SMILES string of the molecule is Cc1ccc(-c2cc(-c3ccncc3)nc(N)n2)cc1. The van der Waals surface area contributed by atoms with E-state index in [9.17, 15) is 0 Å². The summed E-state index contributed by atoms with van der Waals surface area (Å²) in [6.07, 6.45) is 3.47. The van der Waals surface area contributed by atoms with Crippen LogP contribution in [0.4, 0.5) is 5.95 Å². The highest BCUT2D eigenvalue weighted by Gasteiger charge is 2.06. The monoisotopic (exact) mass is 262 g/mol. The summed E-state index contributed by atoms with van der Waals surface area (Å²) in [6.45, 7) is 2.06. The summed E-state index contributed by atoms with van der Waals surface area (Å²) in [4.78, 5) is 12.6. The fourth-order valence-electron chi connectivity index (χ4n) is 2.01.